The highest BCUT2D eigenvalue weighted by Crippen LogP contribution is 2.68. The van der Waals surface area contributed by atoms with Gasteiger partial charge in [-0.05, 0) is 48.3 Å². The number of hydrogen-bond acceptors (Lipinski definition) is 4. The van der Waals surface area contributed by atoms with Crippen LogP contribution in [0.5, 0.6) is 11.5 Å². The van der Waals surface area contributed by atoms with Gasteiger partial charge in [-0.1, -0.05) is 19.9 Å². The molecule has 2 saturated carbocycles. The first-order valence-corrected chi connectivity index (χ1v) is 8.59. The van der Waals surface area contributed by atoms with E-state index in [0.29, 0.717) is 23.0 Å². The molecule has 2 aliphatic carbocycles. The lowest BCUT2D eigenvalue weighted by Crippen LogP contribution is -2.20. The number of carbonyl (C=O) groups is 1. The maximum atomic E-state index is 12.2. The molecule has 0 amide bonds. The van der Waals surface area contributed by atoms with Gasteiger partial charge >= 0.3 is 0 Å². The predicted octanol–water partition coefficient (Wildman–Crippen LogP) is 3.35. The molecule has 4 heteroatoms. The Morgan fingerprint density at radius 1 is 1.25 bits per heavy atom. The monoisotopic (exact) mass is 329 g/mol. The Labute approximate surface area is 144 Å². The molecule has 1 aromatic carbocycles. The van der Waals surface area contributed by atoms with Crippen LogP contribution in [0, 0.1) is 17.3 Å². The molecule has 0 saturated heterocycles. The molecule has 0 heterocycles. The van der Waals surface area contributed by atoms with Crippen molar-refractivity contribution in [2.45, 2.75) is 33.6 Å². The van der Waals surface area contributed by atoms with E-state index in [-0.39, 0.29) is 0 Å². The molecular weight excluding hydrogens is 302 g/mol. The number of fused-ring (bicyclic) bond motifs is 1. The second kappa shape index (κ2) is 6.15. The van der Waals surface area contributed by atoms with Crippen LogP contribution in [0.4, 0.5) is 0 Å². The molecule has 0 radical (unpaired) electrons. The second-order valence-corrected chi connectivity index (χ2v) is 7.44. The lowest BCUT2D eigenvalue weighted by atomic mass is 9.95. The first-order chi connectivity index (χ1) is 11.4. The molecule has 0 unspecified atom stereocenters. The molecule has 2 fully saturated rings. The van der Waals surface area contributed by atoms with Crippen LogP contribution in [-0.2, 0) is 11.2 Å². The molecular formula is C20H27NO3. The Hall–Kier alpha value is -1.97. The van der Waals surface area contributed by atoms with E-state index < -0.39 is 0 Å². The van der Waals surface area contributed by atoms with Crippen molar-refractivity contribution in [2.75, 3.05) is 20.8 Å². The van der Waals surface area contributed by atoms with Gasteiger partial charge in [0.2, 0.25) is 0 Å². The lowest BCUT2D eigenvalue weighted by molar-refractivity contribution is -0.115. The first-order valence-electron chi connectivity index (χ1n) is 8.59. The minimum atomic E-state index is 0.301. The van der Waals surface area contributed by atoms with Crippen molar-refractivity contribution < 1.29 is 14.3 Å². The zero-order valence-corrected chi connectivity index (χ0v) is 15.2. The fourth-order valence-electron chi connectivity index (χ4n) is 4.15. The van der Waals surface area contributed by atoms with Crippen molar-refractivity contribution in [3.63, 3.8) is 0 Å². The van der Waals surface area contributed by atoms with Crippen LogP contribution < -0.4 is 14.8 Å². The van der Waals surface area contributed by atoms with E-state index >= 15 is 0 Å². The average Bonchev–Trinajstić information content (AvgIpc) is 2.91. The Morgan fingerprint density at radius 2 is 1.96 bits per heavy atom. The Morgan fingerprint density at radius 3 is 2.58 bits per heavy atom. The minimum Gasteiger partial charge on any atom is -0.493 e. The number of allylic oxidation sites excluding steroid dienone is 2. The van der Waals surface area contributed by atoms with E-state index in [1.165, 1.54) is 5.56 Å². The summed E-state index contributed by atoms with van der Waals surface area (Å²) in [6, 6.07) is 5.98. The van der Waals surface area contributed by atoms with E-state index in [9.17, 15) is 4.79 Å². The smallest absolute Gasteiger partial charge is 0.161 e. The molecule has 130 valence electrons. The van der Waals surface area contributed by atoms with Crippen molar-refractivity contribution in [1.29, 1.82) is 0 Å². The maximum Gasteiger partial charge on any atom is 0.161 e. The van der Waals surface area contributed by atoms with Crippen LogP contribution in [0.25, 0.3) is 0 Å². The van der Waals surface area contributed by atoms with Gasteiger partial charge in [0.15, 0.2) is 17.3 Å². The fourth-order valence-corrected chi connectivity index (χ4v) is 4.15. The van der Waals surface area contributed by atoms with Gasteiger partial charge in [-0.25, -0.2) is 0 Å². The Balaban J connectivity index is 1.62. The normalized spacial score (nSPS) is 26.0. The topological polar surface area (TPSA) is 47.6 Å². The number of hydrogen-bond donors (Lipinski definition) is 1. The van der Waals surface area contributed by atoms with Gasteiger partial charge in [-0.15, -0.1) is 0 Å². The molecule has 4 nitrogen and oxygen atoms in total. The summed E-state index contributed by atoms with van der Waals surface area (Å²) in [5.41, 5.74) is 3.58. The van der Waals surface area contributed by atoms with E-state index in [1.54, 1.807) is 14.2 Å². The van der Waals surface area contributed by atoms with Crippen LogP contribution in [0.2, 0.25) is 0 Å². The SMILES string of the molecule is COc1ccc(CCN/C(C)=C2\C(=O)C[C@@H]3[C@H]2C3(C)C)cc1OC. The summed E-state index contributed by atoms with van der Waals surface area (Å²) < 4.78 is 10.6. The van der Waals surface area contributed by atoms with E-state index in [0.717, 1.165) is 42.2 Å². The number of ketones is 1. The number of Topliss-reactive ketones (excluding diaryl/α,β-unsaturated/α-hetero) is 1. The van der Waals surface area contributed by atoms with Gasteiger partial charge in [0.1, 0.15) is 0 Å². The van der Waals surface area contributed by atoms with Crippen LogP contribution in [0.3, 0.4) is 0 Å². The number of carbonyl (C=O) groups excluding carboxylic acids is 1. The molecule has 0 aliphatic heterocycles. The molecule has 2 aliphatic rings. The van der Waals surface area contributed by atoms with Crippen molar-refractivity contribution in [3.05, 3.63) is 35.0 Å². The van der Waals surface area contributed by atoms with Crippen LogP contribution in [0.15, 0.2) is 29.5 Å². The van der Waals surface area contributed by atoms with Crippen LogP contribution in [0.1, 0.15) is 32.8 Å². The van der Waals surface area contributed by atoms with Crippen molar-refractivity contribution in [3.8, 4) is 11.5 Å². The summed E-state index contributed by atoms with van der Waals surface area (Å²) in [6.07, 6.45) is 1.60. The highest BCUT2D eigenvalue weighted by Gasteiger charge is 2.65. The van der Waals surface area contributed by atoms with Crippen LogP contribution >= 0.6 is 0 Å². The summed E-state index contributed by atoms with van der Waals surface area (Å²) in [7, 11) is 3.29. The summed E-state index contributed by atoms with van der Waals surface area (Å²) in [6.45, 7) is 7.38. The number of rotatable bonds is 6. The highest BCUT2D eigenvalue weighted by molar-refractivity contribution is 6.01. The van der Waals surface area contributed by atoms with Crippen molar-refractivity contribution in [1.82, 2.24) is 5.32 Å². The first kappa shape index (κ1) is 16.9. The Bertz CT molecular complexity index is 690. The molecule has 1 aromatic rings. The van der Waals surface area contributed by atoms with E-state index in [2.05, 4.69) is 19.2 Å². The molecule has 2 atom stereocenters. The molecule has 0 aromatic heterocycles. The third-order valence-corrected chi connectivity index (χ3v) is 5.72. The molecule has 24 heavy (non-hydrogen) atoms. The zero-order chi connectivity index (χ0) is 17.5. The Kier molecular flexibility index (Phi) is 4.33. The summed E-state index contributed by atoms with van der Waals surface area (Å²) >= 11 is 0. The van der Waals surface area contributed by atoms with Gasteiger partial charge in [0, 0.05) is 24.2 Å². The van der Waals surface area contributed by atoms with Crippen molar-refractivity contribution in [2.24, 2.45) is 17.3 Å². The molecule has 0 spiro atoms. The van der Waals surface area contributed by atoms with Gasteiger partial charge in [-0.2, -0.15) is 0 Å². The summed E-state index contributed by atoms with van der Waals surface area (Å²) in [4.78, 5) is 12.2. The van der Waals surface area contributed by atoms with Gasteiger partial charge in [0.25, 0.3) is 0 Å². The molecule has 3 rings (SSSR count). The third kappa shape index (κ3) is 2.79. The standard InChI is InChI=1S/C20H27NO3/c1-12(18-15(22)11-14-19(18)20(14,2)3)21-9-8-13-6-7-16(23-4)17(10-13)24-5/h6-7,10,14,19,21H,8-9,11H2,1-5H3/b18-12+/t14-,19-/m1/s1. The van der Waals surface area contributed by atoms with E-state index in [4.69, 9.17) is 9.47 Å². The van der Waals surface area contributed by atoms with Gasteiger partial charge < -0.3 is 14.8 Å². The second-order valence-electron chi connectivity index (χ2n) is 7.44. The fraction of sp³-hybridized carbons (Fsp3) is 0.550. The average molecular weight is 329 g/mol. The van der Waals surface area contributed by atoms with Gasteiger partial charge in [-0.3, -0.25) is 4.79 Å². The summed E-state index contributed by atoms with van der Waals surface area (Å²) in [5.74, 6) is 2.84. The van der Waals surface area contributed by atoms with Gasteiger partial charge in [0.05, 0.1) is 14.2 Å². The van der Waals surface area contributed by atoms with Crippen LogP contribution in [-0.4, -0.2) is 26.5 Å². The number of benzene rings is 1. The highest BCUT2D eigenvalue weighted by atomic mass is 16.5. The minimum absolute atomic E-state index is 0.301. The number of ether oxygens (including phenoxy) is 2. The molecule has 0 bridgehead atoms. The summed E-state index contributed by atoms with van der Waals surface area (Å²) in [5, 5.41) is 3.45. The predicted molar refractivity (Wildman–Crippen MR) is 94.3 cm³/mol. The maximum absolute atomic E-state index is 12.2. The zero-order valence-electron chi connectivity index (χ0n) is 15.2. The quantitative estimate of drug-likeness (QED) is 0.813. The lowest BCUT2D eigenvalue weighted by Gasteiger charge is -2.15. The molecule has 1 N–H and O–H groups in total. The van der Waals surface area contributed by atoms with Crippen molar-refractivity contribution >= 4 is 5.78 Å². The largest absolute Gasteiger partial charge is 0.493 e. The third-order valence-electron chi connectivity index (χ3n) is 5.72. The van der Waals surface area contributed by atoms with E-state index in [1.807, 2.05) is 25.1 Å². The number of methoxy groups -OCH3 is 2. The number of nitrogens with one attached hydrogen (secondary N) is 1.